The van der Waals surface area contributed by atoms with E-state index in [4.69, 9.17) is 30.8 Å². The smallest absolute Gasteiger partial charge is 0.254 e. The van der Waals surface area contributed by atoms with Crippen LogP contribution in [0, 0.1) is 5.92 Å². The molecule has 0 unspecified atom stereocenters. The van der Waals surface area contributed by atoms with Crippen LogP contribution in [0.2, 0.25) is 5.02 Å². The van der Waals surface area contributed by atoms with Gasteiger partial charge in [0.25, 0.3) is 5.91 Å². The standard InChI is InChI=1S/C31H33ClN4O5/c1-20(2)17-35(30(38)22-7-6-8-25(13-22)39-3)19-29(37)34-31-33-28(21-9-11-23(32)12-10-21)18-36(31)24-14-26(40-4)16-27(15-24)41-5/h6-16,18,20H,17,19H2,1-5H3,(H,33,34,37). The van der Waals surface area contributed by atoms with E-state index in [0.717, 1.165) is 5.56 Å². The molecule has 2 amide bonds. The molecule has 4 rings (SSSR count). The number of imidazole rings is 1. The highest BCUT2D eigenvalue weighted by atomic mass is 35.5. The van der Waals surface area contributed by atoms with Gasteiger partial charge in [-0.15, -0.1) is 0 Å². The van der Waals surface area contributed by atoms with E-state index in [9.17, 15) is 9.59 Å². The molecular weight excluding hydrogens is 544 g/mol. The Morgan fingerprint density at radius 3 is 2.20 bits per heavy atom. The lowest BCUT2D eigenvalue weighted by Crippen LogP contribution is -2.40. The van der Waals surface area contributed by atoms with E-state index in [2.05, 4.69) is 5.32 Å². The van der Waals surface area contributed by atoms with Crippen LogP contribution in [-0.2, 0) is 4.79 Å². The fourth-order valence-corrected chi connectivity index (χ4v) is 4.42. The molecule has 10 heteroatoms. The fraction of sp³-hybridized carbons (Fsp3) is 0.258. The summed E-state index contributed by atoms with van der Waals surface area (Å²) in [4.78, 5) is 33.1. The van der Waals surface area contributed by atoms with Gasteiger partial charge in [-0.3, -0.25) is 19.5 Å². The number of carbonyl (C=O) groups excluding carboxylic acids is 2. The Labute approximate surface area is 244 Å². The molecule has 4 aromatic rings. The molecule has 3 aromatic carbocycles. The number of methoxy groups -OCH3 is 3. The summed E-state index contributed by atoms with van der Waals surface area (Å²) in [5.74, 6) is 1.46. The van der Waals surface area contributed by atoms with Gasteiger partial charge in [-0.05, 0) is 36.2 Å². The summed E-state index contributed by atoms with van der Waals surface area (Å²) in [6, 6.07) is 19.5. The third-order valence-corrected chi connectivity index (χ3v) is 6.49. The lowest BCUT2D eigenvalue weighted by Gasteiger charge is -2.24. The van der Waals surface area contributed by atoms with E-state index in [0.29, 0.717) is 45.8 Å². The summed E-state index contributed by atoms with van der Waals surface area (Å²) in [5, 5.41) is 3.51. The second-order valence-corrected chi connectivity index (χ2v) is 10.2. The van der Waals surface area contributed by atoms with Crippen molar-refractivity contribution in [3.63, 3.8) is 0 Å². The summed E-state index contributed by atoms with van der Waals surface area (Å²) in [6.45, 7) is 4.20. The lowest BCUT2D eigenvalue weighted by molar-refractivity contribution is -0.117. The number of aromatic nitrogens is 2. The van der Waals surface area contributed by atoms with Crippen molar-refractivity contribution in [1.82, 2.24) is 14.5 Å². The summed E-state index contributed by atoms with van der Waals surface area (Å²) < 4.78 is 17.9. The van der Waals surface area contributed by atoms with Crippen molar-refractivity contribution in [2.45, 2.75) is 13.8 Å². The van der Waals surface area contributed by atoms with Gasteiger partial charge in [0, 0.05) is 47.1 Å². The quantitative estimate of drug-likeness (QED) is 0.237. The van der Waals surface area contributed by atoms with Gasteiger partial charge in [0.2, 0.25) is 11.9 Å². The predicted octanol–water partition coefficient (Wildman–Crippen LogP) is 5.96. The largest absolute Gasteiger partial charge is 0.497 e. The maximum absolute atomic E-state index is 13.4. The van der Waals surface area contributed by atoms with E-state index >= 15 is 0 Å². The Morgan fingerprint density at radius 1 is 0.927 bits per heavy atom. The SMILES string of the molecule is COc1cccc(C(=O)N(CC(=O)Nc2nc(-c3ccc(Cl)cc3)cn2-c2cc(OC)cc(OC)c2)CC(C)C)c1. The van der Waals surface area contributed by atoms with E-state index in [1.54, 1.807) is 74.6 Å². The summed E-state index contributed by atoms with van der Waals surface area (Å²) >= 11 is 6.09. The van der Waals surface area contributed by atoms with Crippen molar-refractivity contribution in [3.05, 3.63) is 83.5 Å². The maximum atomic E-state index is 13.4. The predicted molar refractivity (Wildman–Crippen MR) is 159 cm³/mol. The van der Waals surface area contributed by atoms with Gasteiger partial charge in [0.15, 0.2) is 0 Å². The molecule has 0 saturated heterocycles. The molecule has 41 heavy (non-hydrogen) atoms. The Morgan fingerprint density at radius 2 is 1.59 bits per heavy atom. The second-order valence-electron chi connectivity index (χ2n) is 9.76. The Hall–Kier alpha value is -4.50. The monoisotopic (exact) mass is 576 g/mol. The lowest BCUT2D eigenvalue weighted by atomic mass is 10.1. The van der Waals surface area contributed by atoms with Crippen molar-refractivity contribution in [3.8, 4) is 34.2 Å². The third-order valence-electron chi connectivity index (χ3n) is 6.24. The Kier molecular flexibility index (Phi) is 9.52. The molecule has 214 valence electrons. The molecule has 1 N–H and O–H groups in total. The highest BCUT2D eigenvalue weighted by Crippen LogP contribution is 2.30. The first-order chi connectivity index (χ1) is 19.7. The van der Waals surface area contributed by atoms with Crippen LogP contribution < -0.4 is 19.5 Å². The number of nitrogens with zero attached hydrogens (tertiary/aromatic N) is 3. The van der Waals surface area contributed by atoms with Crippen molar-refractivity contribution >= 4 is 29.4 Å². The average Bonchev–Trinajstić information content (AvgIpc) is 3.39. The fourth-order valence-electron chi connectivity index (χ4n) is 4.29. The van der Waals surface area contributed by atoms with Gasteiger partial charge < -0.3 is 19.1 Å². The minimum Gasteiger partial charge on any atom is -0.497 e. The number of halogens is 1. The van der Waals surface area contributed by atoms with Crippen LogP contribution in [0.4, 0.5) is 5.95 Å². The van der Waals surface area contributed by atoms with Crippen LogP contribution in [0.15, 0.2) is 72.9 Å². The Bertz CT molecular complexity index is 1500. The topological polar surface area (TPSA) is 94.9 Å². The van der Waals surface area contributed by atoms with Gasteiger partial charge in [-0.25, -0.2) is 4.98 Å². The molecular formula is C31H33ClN4O5. The number of carbonyl (C=O) groups is 2. The number of ether oxygens (including phenoxy) is 3. The summed E-state index contributed by atoms with van der Waals surface area (Å²) in [6.07, 6.45) is 1.81. The zero-order valence-corrected chi connectivity index (χ0v) is 24.4. The highest BCUT2D eigenvalue weighted by Gasteiger charge is 2.22. The molecule has 1 aromatic heterocycles. The molecule has 0 bridgehead atoms. The normalized spacial score (nSPS) is 10.8. The van der Waals surface area contributed by atoms with E-state index in [1.165, 1.54) is 4.90 Å². The molecule has 0 spiro atoms. The Balaban J connectivity index is 1.67. The first-order valence-corrected chi connectivity index (χ1v) is 13.4. The zero-order valence-electron chi connectivity index (χ0n) is 23.7. The minimum atomic E-state index is -0.397. The van der Waals surface area contributed by atoms with Crippen LogP contribution in [0.5, 0.6) is 17.2 Å². The molecule has 0 atom stereocenters. The number of anilines is 1. The van der Waals surface area contributed by atoms with Gasteiger partial charge in [-0.1, -0.05) is 43.6 Å². The zero-order chi connectivity index (χ0) is 29.5. The van der Waals surface area contributed by atoms with Gasteiger partial charge in [-0.2, -0.15) is 0 Å². The van der Waals surface area contributed by atoms with Crippen LogP contribution in [0.25, 0.3) is 16.9 Å². The minimum absolute atomic E-state index is 0.139. The van der Waals surface area contributed by atoms with Crippen LogP contribution in [-0.4, -0.2) is 60.7 Å². The van der Waals surface area contributed by atoms with E-state index in [1.807, 2.05) is 38.1 Å². The number of hydrogen-bond acceptors (Lipinski definition) is 6. The van der Waals surface area contributed by atoms with Gasteiger partial charge in [0.1, 0.15) is 23.8 Å². The van der Waals surface area contributed by atoms with Crippen LogP contribution in [0.1, 0.15) is 24.2 Å². The molecule has 0 aliphatic heterocycles. The second kappa shape index (κ2) is 13.2. The summed E-state index contributed by atoms with van der Waals surface area (Å²) in [5.41, 5.74) is 2.53. The summed E-state index contributed by atoms with van der Waals surface area (Å²) in [7, 11) is 4.68. The number of rotatable bonds is 11. The molecule has 0 fully saturated rings. The molecule has 0 saturated carbocycles. The molecule has 0 aliphatic rings. The first kappa shape index (κ1) is 29.5. The number of amides is 2. The number of benzene rings is 3. The third kappa shape index (κ3) is 7.37. The van der Waals surface area contributed by atoms with Gasteiger partial charge >= 0.3 is 0 Å². The van der Waals surface area contributed by atoms with Crippen LogP contribution >= 0.6 is 11.6 Å². The highest BCUT2D eigenvalue weighted by molar-refractivity contribution is 6.30. The molecule has 0 radical (unpaired) electrons. The van der Waals surface area contributed by atoms with Crippen molar-refractivity contribution in [2.24, 2.45) is 5.92 Å². The van der Waals surface area contributed by atoms with E-state index in [-0.39, 0.29) is 24.3 Å². The van der Waals surface area contributed by atoms with E-state index < -0.39 is 5.91 Å². The van der Waals surface area contributed by atoms with Gasteiger partial charge in [0.05, 0.1) is 32.7 Å². The van der Waals surface area contributed by atoms with Crippen molar-refractivity contribution < 1.29 is 23.8 Å². The molecule has 0 aliphatic carbocycles. The van der Waals surface area contributed by atoms with Crippen LogP contribution in [0.3, 0.4) is 0 Å². The van der Waals surface area contributed by atoms with Crippen molar-refractivity contribution in [2.75, 3.05) is 39.7 Å². The van der Waals surface area contributed by atoms with Crippen molar-refractivity contribution in [1.29, 1.82) is 0 Å². The average molecular weight is 577 g/mol. The first-order valence-electron chi connectivity index (χ1n) is 13.0. The maximum Gasteiger partial charge on any atom is 0.254 e. The number of nitrogens with one attached hydrogen (secondary N) is 1. The molecule has 9 nitrogen and oxygen atoms in total. The molecule has 1 heterocycles. The number of hydrogen-bond donors (Lipinski definition) is 1.